The van der Waals surface area contributed by atoms with Gasteiger partial charge < -0.3 is 14.9 Å². The van der Waals surface area contributed by atoms with Crippen LogP contribution in [0.3, 0.4) is 0 Å². The summed E-state index contributed by atoms with van der Waals surface area (Å²) in [5.41, 5.74) is 0.268. The summed E-state index contributed by atoms with van der Waals surface area (Å²) in [6.45, 7) is 0. The van der Waals surface area contributed by atoms with Crippen LogP contribution in [0.5, 0.6) is 11.5 Å². The van der Waals surface area contributed by atoms with Crippen LogP contribution in [-0.2, 0) is 0 Å². The van der Waals surface area contributed by atoms with Gasteiger partial charge in [0.2, 0.25) is 5.78 Å². The minimum atomic E-state index is -1.28. The predicted molar refractivity (Wildman–Crippen MR) is 84.5 cm³/mol. The number of fused-ring (bicyclic) bond motifs is 1. The minimum absolute atomic E-state index is 0.0305. The van der Waals surface area contributed by atoms with Crippen molar-refractivity contribution in [2.45, 2.75) is 0 Å². The highest BCUT2D eigenvalue weighted by atomic mass is 35.5. The molecule has 0 aromatic heterocycles. The van der Waals surface area contributed by atoms with Crippen LogP contribution >= 0.6 is 23.2 Å². The zero-order valence-electron chi connectivity index (χ0n) is 11.3. The van der Waals surface area contributed by atoms with E-state index in [2.05, 4.69) is 0 Å². The zero-order valence-corrected chi connectivity index (χ0v) is 12.9. The predicted octanol–water partition coefficient (Wildman–Crippen LogP) is 4.01. The Morgan fingerprint density at radius 1 is 1.13 bits per heavy atom. The van der Waals surface area contributed by atoms with Gasteiger partial charge in [0.25, 0.3) is 0 Å². The van der Waals surface area contributed by atoms with Crippen LogP contribution in [0.4, 0.5) is 0 Å². The van der Waals surface area contributed by atoms with E-state index in [4.69, 9.17) is 33.0 Å². The van der Waals surface area contributed by atoms with Crippen molar-refractivity contribution in [2.75, 3.05) is 0 Å². The molecular formula is C16H8Cl2O5. The quantitative estimate of drug-likeness (QED) is 0.799. The molecule has 0 bridgehead atoms. The Kier molecular flexibility index (Phi) is 3.75. The molecular weight excluding hydrogens is 343 g/mol. The smallest absolute Gasteiger partial charge is 0.339 e. The molecule has 0 saturated carbocycles. The molecule has 0 saturated heterocycles. The lowest BCUT2D eigenvalue weighted by molar-refractivity contribution is 0.0693. The van der Waals surface area contributed by atoms with Crippen molar-refractivity contribution in [2.24, 2.45) is 0 Å². The average molecular weight is 351 g/mol. The Morgan fingerprint density at radius 3 is 2.48 bits per heavy atom. The number of ether oxygens (including phenoxy) is 1. The molecule has 0 fully saturated rings. The van der Waals surface area contributed by atoms with E-state index in [9.17, 15) is 14.7 Å². The SMILES string of the molecule is O=C(O)c1cc(/C=C2\Oc3c(Cl)ccc(Cl)c3C2=O)ccc1O. The van der Waals surface area contributed by atoms with Crippen molar-refractivity contribution >= 4 is 41.0 Å². The monoisotopic (exact) mass is 350 g/mol. The minimum Gasteiger partial charge on any atom is -0.507 e. The fourth-order valence-corrected chi connectivity index (χ4v) is 2.62. The van der Waals surface area contributed by atoms with Crippen molar-refractivity contribution in [3.63, 3.8) is 0 Å². The first-order valence-electron chi connectivity index (χ1n) is 6.37. The number of Topliss-reactive ketones (excluding diaryl/α,β-unsaturated/α-hetero) is 1. The van der Waals surface area contributed by atoms with Crippen molar-refractivity contribution in [1.82, 2.24) is 0 Å². The van der Waals surface area contributed by atoms with E-state index in [0.717, 1.165) is 0 Å². The number of carbonyl (C=O) groups is 2. The first kappa shape index (κ1) is 15.4. The second-order valence-corrected chi connectivity index (χ2v) is 5.57. The second-order valence-electron chi connectivity index (χ2n) is 4.75. The van der Waals surface area contributed by atoms with Gasteiger partial charge in [0.15, 0.2) is 11.5 Å². The molecule has 23 heavy (non-hydrogen) atoms. The molecule has 2 aromatic carbocycles. The lowest BCUT2D eigenvalue weighted by Crippen LogP contribution is -2.00. The maximum Gasteiger partial charge on any atom is 0.339 e. The molecule has 0 radical (unpaired) electrons. The molecule has 0 atom stereocenters. The van der Waals surface area contributed by atoms with E-state index in [1.807, 2.05) is 0 Å². The van der Waals surface area contributed by atoms with Gasteiger partial charge >= 0.3 is 5.97 Å². The number of hydrogen-bond acceptors (Lipinski definition) is 4. The van der Waals surface area contributed by atoms with Crippen LogP contribution in [0.25, 0.3) is 6.08 Å². The Morgan fingerprint density at radius 2 is 1.83 bits per heavy atom. The fraction of sp³-hybridized carbons (Fsp3) is 0. The number of carboxylic acid groups (broad SMARTS) is 1. The Labute approximate surface area is 140 Å². The summed E-state index contributed by atoms with van der Waals surface area (Å²) in [6.07, 6.45) is 1.36. The Bertz CT molecular complexity index is 886. The highest BCUT2D eigenvalue weighted by molar-refractivity contribution is 6.39. The molecule has 116 valence electrons. The molecule has 0 spiro atoms. The summed E-state index contributed by atoms with van der Waals surface area (Å²) in [7, 11) is 0. The van der Waals surface area contributed by atoms with E-state index in [1.165, 1.54) is 36.4 Å². The summed E-state index contributed by atoms with van der Waals surface area (Å²) in [5, 5.41) is 19.0. The number of benzene rings is 2. The number of hydrogen-bond donors (Lipinski definition) is 2. The lowest BCUT2D eigenvalue weighted by Gasteiger charge is -2.03. The van der Waals surface area contributed by atoms with E-state index in [1.54, 1.807) is 0 Å². The number of halogens is 2. The van der Waals surface area contributed by atoms with Crippen LogP contribution in [0.15, 0.2) is 36.1 Å². The third kappa shape index (κ3) is 2.65. The van der Waals surface area contributed by atoms with E-state index < -0.39 is 11.8 Å². The zero-order chi connectivity index (χ0) is 16.7. The summed E-state index contributed by atoms with van der Waals surface area (Å²) in [5.74, 6) is -1.95. The van der Waals surface area contributed by atoms with Crippen LogP contribution in [0.2, 0.25) is 10.0 Å². The van der Waals surface area contributed by atoms with Gasteiger partial charge in [-0.2, -0.15) is 0 Å². The molecule has 5 nitrogen and oxygen atoms in total. The highest BCUT2D eigenvalue weighted by Gasteiger charge is 2.32. The molecule has 2 aromatic rings. The molecule has 0 unspecified atom stereocenters. The molecule has 2 N–H and O–H groups in total. The van der Waals surface area contributed by atoms with Crippen LogP contribution < -0.4 is 4.74 Å². The normalized spacial score (nSPS) is 14.7. The number of carboxylic acids is 1. The number of aromatic carboxylic acids is 1. The molecule has 1 heterocycles. The van der Waals surface area contributed by atoms with Crippen LogP contribution in [0.1, 0.15) is 26.3 Å². The first-order valence-corrected chi connectivity index (χ1v) is 7.12. The van der Waals surface area contributed by atoms with E-state index in [0.29, 0.717) is 5.56 Å². The van der Waals surface area contributed by atoms with Gasteiger partial charge in [-0.3, -0.25) is 4.79 Å². The van der Waals surface area contributed by atoms with E-state index >= 15 is 0 Å². The van der Waals surface area contributed by atoms with Crippen LogP contribution in [0, 0.1) is 0 Å². The van der Waals surface area contributed by atoms with Gasteiger partial charge in [-0.25, -0.2) is 4.79 Å². The number of aromatic hydroxyl groups is 1. The summed E-state index contributed by atoms with van der Waals surface area (Å²) in [4.78, 5) is 23.4. The summed E-state index contributed by atoms with van der Waals surface area (Å²) < 4.78 is 5.45. The van der Waals surface area contributed by atoms with Crippen molar-refractivity contribution in [3.05, 3.63) is 62.8 Å². The Balaban J connectivity index is 2.05. The number of ketones is 1. The third-order valence-corrected chi connectivity index (χ3v) is 3.88. The molecule has 3 rings (SSSR count). The van der Waals surface area contributed by atoms with E-state index in [-0.39, 0.29) is 38.4 Å². The summed E-state index contributed by atoms with van der Waals surface area (Å²) in [6, 6.07) is 6.92. The van der Waals surface area contributed by atoms with Crippen molar-refractivity contribution in [1.29, 1.82) is 0 Å². The lowest BCUT2D eigenvalue weighted by atomic mass is 10.1. The molecule has 0 aliphatic carbocycles. The van der Waals surface area contributed by atoms with Crippen molar-refractivity contribution in [3.8, 4) is 11.5 Å². The maximum atomic E-state index is 12.4. The van der Waals surface area contributed by atoms with Crippen molar-refractivity contribution < 1.29 is 24.5 Å². The van der Waals surface area contributed by atoms with Gasteiger partial charge in [0, 0.05) is 0 Å². The van der Waals surface area contributed by atoms with Gasteiger partial charge in [-0.05, 0) is 35.9 Å². The Hall–Kier alpha value is -2.50. The van der Waals surface area contributed by atoms with Gasteiger partial charge in [0.05, 0.1) is 15.6 Å². The maximum absolute atomic E-state index is 12.4. The summed E-state index contributed by atoms with van der Waals surface area (Å²) >= 11 is 12.0. The standard InChI is InChI=1S/C16H8Cl2O5/c17-9-2-3-10(18)15-13(9)14(20)12(23-15)6-7-1-4-11(19)8(5-7)16(21)22/h1-6,19H,(H,21,22)/b12-6-. The molecule has 0 amide bonds. The number of phenols is 1. The first-order chi connectivity index (χ1) is 10.9. The highest BCUT2D eigenvalue weighted by Crippen LogP contribution is 2.41. The second kappa shape index (κ2) is 5.61. The largest absolute Gasteiger partial charge is 0.507 e. The van der Waals surface area contributed by atoms with Gasteiger partial charge in [-0.1, -0.05) is 29.3 Å². The fourth-order valence-electron chi connectivity index (χ4n) is 2.19. The van der Waals surface area contributed by atoms with Gasteiger partial charge in [-0.15, -0.1) is 0 Å². The number of allylic oxidation sites excluding steroid dienone is 1. The average Bonchev–Trinajstić information content (AvgIpc) is 2.83. The number of carbonyl (C=O) groups excluding carboxylic acids is 1. The molecule has 1 aliphatic heterocycles. The third-order valence-electron chi connectivity index (χ3n) is 3.27. The topological polar surface area (TPSA) is 83.8 Å². The molecule has 7 heteroatoms. The van der Waals surface area contributed by atoms with Crippen LogP contribution in [-0.4, -0.2) is 22.0 Å². The van der Waals surface area contributed by atoms with Gasteiger partial charge in [0.1, 0.15) is 11.3 Å². The number of rotatable bonds is 2. The molecule has 1 aliphatic rings.